The highest BCUT2D eigenvalue weighted by Crippen LogP contribution is 2.26. The van der Waals surface area contributed by atoms with E-state index in [-0.39, 0.29) is 5.91 Å². The summed E-state index contributed by atoms with van der Waals surface area (Å²) in [5.74, 6) is -0.0572. The standard InChI is InChI=1S/C24H23N3O/c1-27(19-9-3-2-4-10-19)23-14-8-6-12-21(23)24(28)25-16-15-18-17-26-22-13-7-5-11-20(18)22/h2-14,17,26H,15-16H2,1H3,(H,25,28). The monoisotopic (exact) mass is 369 g/mol. The zero-order chi connectivity index (χ0) is 19.3. The predicted molar refractivity (Wildman–Crippen MR) is 115 cm³/mol. The first-order valence-electron chi connectivity index (χ1n) is 9.45. The highest BCUT2D eigenvalue weighted by atomic mass is 16.1. The van der Waals surface area contributed by atoms with Crippen molar-refractivity contribution in [2.24, 2.45) is 0 Å². The van der Waals surface area contributed by atoms with E-state index in [0.29, 0.717) is 12.1 Å². The van der Waals surface area contributed by atoms with E-state index in [2.05, 4.69) is 22.4 Å². The van der Waals surface area contributed by atoms with E-state index in [1.165, 1.54) is 10.9 Å². The Morgan fingerprint density at radius 3 is 2.50 bits per heavy atom. The molecule has 140 valence electrons. The van der Waals surface area contributed by atoms with Crippen LogP contribution in [-0.2, 0) is 6.42 Å². The first kappa shape index (κ1) is 17.9. The van der Waals surface area contributed by atoms with Crippen LogP contribution >= 0.6 is 0 Å². The minimum absolute atomic E-state index is 0.0572. The Labute approximate surface area is 164 Å². The number of nitrogens with one attached hydrogen (secondary N) is 2. The molecule has 0 bridgehead atoms. The van der Waals surface area contributed by atoms with Gasteiger partial charge in [0.2, 0.25) is 0 Å². The summed E-state index contributed by atoms with van der Waals surface area (Å²) in [5, 5.41) is 4.28. The highest BCUT2D eigenvalue weighted by molar-refractivity contribution is 6.00. The average Bonchev–Trinajstić information content (AvgIpc) is 3.17. The van der Waals surface area contributed by atoms with Gasteiger partial charge in [-0.25, -0.2) is 0 Å². The number of aromatic nitrogens is 1. The Kier molecular flexibility index (Phi) is 5.11. The van der Waals surface area contributed by atoms with Gasteiger partial charge in [0.1, 0.15) is 0 Å². The van der Waals surface area contributed by atoms with Crippen molar-refractivity contribution in [2.45, 2.75) is 6.42 Å². The van der Waals surface area contributed by atoms with Crippen molar-refractivity contribution < 1.29 is 4.79 Å². The van der Waals surface area contributed by atoms with Crippen LogP contribution in [-0.4, -0.2) is 24.5 Å². The Balaban J connectivity index is 1.47. The summed E-state index contributed by atoms with van der Waals surface area (Å²) < 4.78 is 0. The van der Waals surface area contributed by atoms with E-state index in [1.54, 1.807) is 0 Å². The maximum absolute atomic E-state index is 12.8. The molecular formula is C24H23N3O. The molecule has 0 unspecified atom stereocenters. The van der Waals surface area contributed by atoms with Gasteiger partial charge in [-0.1, -0.05) is 48.5 Å². The zero-order valence-electron chi connectivity index (χ0n) is 15.9. The van der Waals surface area contributed by atoms with Crippen LogP contribution in [0, 0.1) is 0 Å². The largest absolute Gasteiger partial charge is 0.361 e. The van der Waals surface area contributed by atoms with Crippen molar-refractivity contribution in [3.8, 4) is 0 Å². The van der Waals surface area contributed by atoms with E-state index in [4.69, 9.17) is 0 Å². The fraction of sp³-hybridized carbons (Fsp3) is 0.125. The van der Waals surface area contributed by atoms with Crippen molar-refractivity contribution in [1.82, 2.24) is 10.3 Å². The molecule has 2 N–H and O–H groups in total. The van der Waals surface area contributed by atoms with Crippen molar-refractivity contribution >= 4 is 28.2 Å². The Hall–Kier alpha value is -3.53. The molecule has 1 amide bonds. The number of anilines is 2. The number of amides is 1. The summed E-state index contributed by atoms with van der Waals surface area (Å²) >= 11 is 0. The molecule has 0 atom stereocenters. The lowest BCUT2D eigenvalue weighted by Crippen LogP contribution is -2.27. The van der Waals surface area contributed by atoms with Crippen molar-refractivity contribution in [3.05, 3.63) is 96.2 Å². The molecule has 1 aromatic heterocycles. The van der Waals surface area contributed by atoms with E-state index >= 15 is 0 Å². The number of carbonyl (C=O) groups excluding carboxylic acids is 1. The number of nitrogens with zero attached hydrogens (tertiary/aromatic N) is 1. The number of benzene rings is 3. The lowest BCUT2D eigenvalue weighted by atomic mass is 10.1. The van der Waals surface area contributed by atoms with Gasteiger partial charge in [-0.05, 0) is 42.3 Å². The molecule has 0 aliphatic carbocycles. The van der Waals surface area contributed by atoms with Crippen molar-refractivity contribution in [1.29, 1.82) is 0 Å². The Morgan fingerprint density at radius 1 is 0.929 bits per heavy atom. The number of carbonyl (C=O) groups is 1. The minimum atomic E-state index is -0.0572. The molecule has 0 saturated carbocycles. The second-order valence-electron chi connectivity index (χ2n) is 6.78. The predicted octanol–water partition coefficient (Wildman–Crippen LogP) is 4.91. The van der Waals surface area contributed by atoms with Gasteiger partial charge >= 0.3 is 0 Å². The van der Waals surface area contributed by atoms with Gasteiger partial charge in [-0.2, -0.15) is 0 Å². The smallest absolute Gasteiger partial charge is 0.253 e. The Bertz CT molecular complexity index is 1090. The molecule has 4 nitrogen and oxygen atoms in total. The highest BCUT2D eigenvalue weighted by Gasteiger charge is 2.15. The van der Waals surface area contributed by atoms with Crippen LogP contribution in [0.4, 0.5) is 11.4 Å². The van der Waals surface area contributed by atoms with Gasteiger partial charge < -0.3 is 15.2 Å². The summed E-state index contributed by atoms with van der Waals surface area (Å²) in [6, 6.07) is 26.0. The summed E-state index contributed by atoms with van der Waals surface area (Å²) in [6.45, 7) is 0.587. The molecule has 0 saturated heterocycles. The van der Waals surface area contributed by atoms with Gasteiger partial charge in [-0.15, -0.1) is 0 Å². The van der Waals surface area contributed by atoms with Gasteiger partial charge in [0, 0.05) is 36.4 Å². The van der Waals surface area contributed by atoms with E-state index in [0.717, 1.165) is 23.3 Å². The maximum atomic E-state index is 12.8. The Morgan fingerprint density at radius 2 is 1.64 bits per heavy atom. The van der Waals surface area contributed by atoms with Crippen LogP contribution in [0.5, 0.6) is 0 Å². The fourth-order valence-electron chi connectivity index (χ4n) is 3.49. The number of para-hydroxylation sites is 3. The normalized spacial score (nSPS) is 10.8. The molecule has 0 spiro atoms. The van der Waals surface area contributed by atoms with E-state index in [1.807, 2.05) is 84.9 Å². The molecule has 28 heavy (non-hydrogen) atoms. The van der Waals surface area contributed by atoms with Crippen LogP contribution < -0.4 is 10.2 Å². The molecule has 4 aromatic rings. The molecule has 4 rings (SSSR count). The SMILES string of the molecule is CN(c1ccccc1)c1ccccc1C(=O)NCCc1c[nH]c2ccccc12. The fourth-order valence-corrected chi connectivity index (χ4v) is 3.49. The average molecular weight is 369 g/mol. The zero-order valence-corrected chi connectivity index (χ0v) is 15.9. The number of rotatable bonds is 6. The van der Waals surface area contributed by atoms with Crippen molar-refractivity contribution in [3.63, 3.8) is 0 Å². The quantitative estimate of drug-likeness (QED) is 0.507. The third kappa shape index (κ3) is 3.62. The molecule has 0 fully saturated rings. The number of fused-ring (bicyclic) bond motifs is 1. The third-order valence-corrected chi connectivity index (χ3v) is 5.01. The molecule has 0 radical (unpaired) electrons. The second kappa shape index (κ2) is 8.01. The second-order valence-corrected chi connectivity index (χ2v) is 6.78. The number of hydrogen-bond acceptors (Lipinski definition) is 2. The first-order valence-corrected chi connectivity index (χ1v) is 9.45. The van der Waals surface area contributed by atoms with Crippen LogP contribution in [0.1, 0.15) is 15.9 Å². The lowest BCUT2D eigenvalue weighted by molar-refractivity contribution is 0.0955. The lowest BCUT2D eigenvalue weighted by Gasteiger charge is -2.22. The van der Waals surface area contributed by atoms with Crippen LogP contribution in [0.2, 0.25) is 0 Å². The summed E-state index contributed by atoms with van der Waals surface area (Å²) in [4.78, 5) is 18.2. The molecule has 1 heterocycles. The third-order valence-electron chi connectivity index (χ3n) is 5.01. The van der Waals surface area contributed by atoms with Crippen molar-refractivity contribution in [2.75, 3.05) is 18.5 Å². The summed E-state index contributed by atoms with van der Waals surface area (Å²) in [7, 11) is 1.98. The summed E-state index contributed by atoms with van der Waals surface area (Å²) in [5.41, 5.74) is 4.94. The van der Waals surface area contributed by atoms with Gasteiger partial charge in [0.25, 0.3) is 5.91 Å². The van der Waals surface area contributed by atoms with Gasteiger partial charge in [0.05, 0.1) is 11.3 Å². The van der Waals surface area contributed by atoms with E-state index in [9.17, 15) is 4.79 Å². The van der Waals surface area contributed by atoms with Crippen LogP contribution in [0.25, 0.3) is 10.9 Å². The minimum Gasteiger partial charge on any atom is -0.361 e. The van der Waals surface area contributed by atoms with Crippen LogP contribution in [0.15, 0.2) is 85.1 Å². The number of H-pyrrole nitrogens is 1. The van der Waals surface area contributed by atoms with Crippen LogP contribution in [0.3, 0.4) is 0 Å². The maximum Gasteiger partial charge on any atom is 0.253 e. The molecule has 0 aliphatic rings. The van der Waals surface area contributed by atoms with E-state index < -0.39 is 0 Å². The molecule has 0 aliphatic heterocycles. The number of aromatic amines is 1. The first-order chi connectivity index (χ1) is 13.7. The van der Waals surface area contributed by atoms with Gasteiger partial charge in [-0.3, -0.25) is 4.79 Å². The molecular weight excluding hydrogens is 346 g/mol. The molecule has 4 heteroatoms. The summed E-state index contributed by atoms with van der Waals surface area (Å²) in [6.07, 6.45) is 2.81. The number of hydrogen-bond donors (Lipinski definition) is 2. The topological polar surface area (TPSA) is 48.1 Å². The van der Waals surface area contributed by atoms with Gasteiger partial charge in [0.15, 0.2) is 0 Å². The molecule has 3 aromatic carbocycles.